The van der Waals surface area contributed by atoms with Gasteiger partial charge in [0.25, 0.3) is 0 Å². The quantitative estimate of drug-likeness (QED) is 0.501. The third-order valence-corrected chi connectivity index (χ3v) is 3.35. The lowest BCUT2D eigenvalue weighted by Gasteiger charge is -2.13. The molecule has 2 amide bonds. The van der Waals surface area contributed by atoms with Gasteiger partial charge in [-0.15, -0.1) is 0 Å². The Labute approximate surface area is 140 Å². The van der Waals surface area contributed by atoms with Gasteiger partial charge in [0.15, 0.2) is 0 Å². The number of benzene rings is 2. The molecular weight excluding hydrogens is 306 g/mol. The number of carbonyl (C=O) groups excluding carboxylic acids is 2. The van der Waals surface area contributed by atoms with E-state index >= 15 is 0 Å². The van der Waals surface area contributed by atoms with Crippen LogP contribution in [0.2, 0.25) is 0 Å². The maximum absolute atomic E-state index is 11.8. The van der Waals surface area contributed by atoms with Gasteiger partial charge in [-0.2, -0.15) is 5.10 Å². The molecule has 0 radical (unpaired) electrons. The fourth-order valence-electron chi connectivity index (χ4n) is 1.99. The van der Waals surface area contributed by atoms with Gasteiger partial charge in [-0.1, -0.05) is 30.3 Å². The van der Waals surface area contributed by atoms with Crippen LogP contribution in [0, 0.1) is 0 Å². The second kappa shape index (κ2) is 8.47. The van der Waals surface area contributed by atoms with E-state index in [2.05, 4.69) is 15.8 Å². The van der Waals surface area contributed by atoms with Gasteiger partial charge in [0, 0.05) is 0 Å². The first-order valence-corrected chi connectivity index (χ1v) is 7.43. The van der Waals surface area contributed by atoms with E-state index in [1.54, 1.807) is 38.3 Å². The Bertz CT molecular complexity index is 712. The molecule has 0 spiro atoms. The first-order chi connectivity index (χ1) is 11.6. The van der Waals surface area contributed by atoms with Crippen molar-refractivity contribution in [3.8, 4) is 5.75 Å². The van der Waals surface area contributed by atoms with Crippen molar-refractivity contribution in [1.82, 2.24) is 10.7 Å². The molecule has 0 bridgehead atoms. The van der Waals surface area contributed by atoms with Crippen LogP contribution >= 0.6 is 0 Å². The zero-order valence-corrected chi connectivity index (χ0v) is 13.5. The van der Waals surface area contributed by atoms with Crippen LogP contribution in [-0.4, -0.2) is 25.1 Å². The molecule has 0 heterocycles. The topological polar surface area (TPSA) is 79.8 Å². The molecule has 6 heteroatoms. The lowest BCUT2D eigenvalue weighted by atomic mass is 10.1. The van der Waals surface area contributed by atoms with Gasteiger partial charge in [-0.25, -0.2) is 5.43 Å². The minimum Gasteiger partial charge on any atom is -0.497 e. The molecule has 0 aliphatic carbocycles. The summed E-state index contributed by atoms with van der Waals surface area (Å²) in [5.41, 5.74) is 3.89. The van der Waals surface area contributed by atoms with Gasteiger partial charge in [-0.05, 0) is 42.3 Å². The van der Waals surface area contributed by atoms with Crippen molar-refractivity contribution in [2.75, 3.05) is 7.11 Å². The largest absolute Gasteiger partial charge is 0.497 e. The number of methoxy groups -OCH3 is 1. The maximum Gasteiger partial charge on any atom is 0.329 e. The van der Waals surface area contributed by atoms with Gasteiger partial charge in [0.05, 0.1) is 19.4 Å². The van der Waals surface area contributed by atoms with Crippen LogP contribution in [-0.2, 0) is 9.59 Å². The Kier molecular flexibility index (Phi) is 6.08. The minimum absolute atomic E-state index is 0.269. The number of amides is 2. The summed E-state index contributed by atoms with van der Waals surface area (Å²) in [6, 6.07) is 16.2. The van der Waals surface area contributed by atoms with Gasteiger partial charge in [0.2, 0.25) is 0 Å². The monoisotopic (exact) mass is 325 g/mol. The standard InChI is InChI=1S/C18H19N3O3/c1-13(15-6-4-3-5-7-15)20-17(22)18(23)21-19-12-14-8-10-16(24-2)11-9-14/h3-13H,1-2H3,(H,20,22)(H,21,23)/b19-12-/t13-/m0/s1. The van der Waals surface area contributed by atoms with Gasteiger partial charge >= 0.3 is 11.8 Å². The number of hydrazone groups is 1. The molecule has 124 valence electrons. The molecule has 2 N–H and O–H groups in total. The zero-order valence-electron chi connectivity index (χ0n) is 13.5. The number of nitrogens with zero attached hydrogens (tertiary/aromatic N) is 1. The summed E-state index contributed by atoms with van der Waals surface area (Å²) in [7, 11) is 1.58. The summed E-state index contributed by atoms with van der Waals surface area (Å²) < 4.78 is 5.05. The van der Waals surface area contributed by atoms with Gasteiger partial charge < -0.3 is 10.1 Å². The van der Waals surface area contributed by atoms with E-state index in [9.17, 15) is 9.59 Å². The Balaban J connectivity index is 1.84. The Hall–Kier alpha value is -3.15. The Morgan fingerprint density at radius 3 is 2.33 bits per heavy atom. The summed E-state index contributed by atoms with van der Waals surface area (Å²) in [5.74, 6) is -0.828. The molecule has 6 nitrogen and oxygen atoms in total. The molecule has 0 aromatic heterocycles. The third-order valence-electron chi connectivity index (χ3n) is 3.35. The molecule has 1 atom stereocenters. The molecule has 2 rings (SSSR count). The molecular formula is C18H19N3O3. The third kappa shape index (κ3) is 4.95. The summed E-state index contributed by atoms with van der Waals surface area (Å²) in [5, 5.41) is 6.39. The lowest BCUT2D eigenvalue weighted by molar-refractivity contribution is -0.139. The second-order valence-corrected chi connectivity index (χ2v) is 5.08. The number of ether oxygens (including phenoxy) is 1. The van der Waals surface area contributed by atoms with Crippen molar-refractivity contribution in [2.24, 2.45) is 5.10 Å². The van der Waals surface area contributed by atoms with Crippen molar-refractivity contribution < 1.29 is 14.3 Å². The predicted octanol–water partition coefficient (Wildman–Crippen LogP) is 2.02. The molecule has 0 saturated heterocycles. The smallest absolute Gasteiger partial charge is 0.329 e. The minimum atomic E-state index is -0.817. The van der Waals surface area contributed by atoms with Crippen molar-refractivity contribution in [3.05, 3.63) is 65.7 Å². The molecule has 0 aliphatic heterocycles. The lowest BCUT2D eigenvalue weighted by Crippen LogP contribution is -2.39. The van der Waals surface area contributed by atoms with Crippen LogP contribution in [0.25, 0.3) is 0 Å². The van der Waals surface area contributed by atoms with Crippen LogP contribution in [0.15, 0.2) is 59.7 Å². The van der Waals surface area contributed by atoms with Crippen LogP contribution in [0.1, 0.15) is 24.1 Å². The number of rotatable bonds is 5. The van der Waals surface area contributed by atoms with Crippen molar-refractivity contribution >= 4 is 18.0 Å². The molecule has 2 aromatic carbocycles. The maximum atomic E-state index is 11.8. The van der Waals surface area contributed by atoms with E-state index in [4.69, 9.17) is 4.74 Å². The highest BCUT2D eigenvalue weighted by molar-refractivity contribution is 6.35. The van der Waals surface area contributed by atoms with E-state index in [0.29, 0.717) is 0 Å². The van der Waals surface area contributed by atoms with E-state index in [0.717, 1.165) is 16.9 Å². The Morgan fingerprint density at radius 2 is 1.71 bits per heavy atom. The van der Waals surface area contributed by atoms with Crippen LogP contribution in [0.5, 0.6) is 5.75 Å². The van der Waals surface area contributed by atoms with Gasteiger partial charge in [-0.3, -0.25) is 9.59 Å². The molecule has 2 aromatic rings. The SMILES string of the molecule is COc1ccc(/C=N\NC(=O)C(=O)N[C@@H](C)c2ccccc2)cc1. The summed E-state index contributed by atoms with van der Waals surface area (Å²) in [4.78, 5) is 23.6. The van der Waals surface area contributed by atoms with E-state index in [-0.39, 0.29) is 6.04 Å². The Morgan fingerprint density at radius 1 is 1.04 bits per heavy atom. The predicted molar refractivity (Wildman–Crippen MR) is 91.7 cm³/mol. The van der Waals surface area contributed by atoms with Gasteiger partial charge in [0.1, 0.15) is 5.75 Å². The molecule has 24 heavy (non-hydrogen) atoms. The van der Waals surface area contributed by atoms with E-state index in [1.807, 2.05) is 30.3 Å². The number of hydrogen-bond acceptors (Lipinski definition) is 4. The van der Waals surface area contributed by atoms with E-state index < -0.39 is 11.8 Å². The van der Waals surface area contributed by atoms with Crippen molar-refractivity contribution in [2.45, 2.75) is 13.0 Å². The van der Waals surface area contributed by atoms with Crippen LogP contribution in [0.4, 0.5) is 0 Å². The number of hydrogen-bond donors (Lipinski definition) is 2. The number of carbonyl (C=O) groups is 2. The second-order valence-electron chi connectivity index (χ2n) is 5.08. The molecule has 0 fully saturated rings. The average Bonchev–Trinajstić information content (AvgIpc) is 2.62. The molecule has 0 unspecified atom stereocenters. The summed E-state index contributed by atoms with van der Waals surface area (Å²) in [6.07, 6.45) is 1.45. The highest BCUT2D eigenvalue weighted by Crippen LogP contribution is 2.11. The van der Waals surface area contributed by atoms with Crippen LogP contribution < -0.4 is 15.5 Å². The fraction of sp³-hybridized carbons (Fsp3) is 0.167. The number of nitrogens with one attached hydrogen (secondary N) is 2. The zero-order chi connectivity index (χ0) is 17.4. The first-order valence-electron chi connectivity index (χ1n) is 7.43. The molecule has 0 saturated carbocycles. The molecule has 0 aliphatic rings. The first kappa shape index (κ1) is 17.2. The van der Waals surface area contributed by atoms with Crippen molar-refractivity contribution in [1.29, 1.82) is 0 Å². The summed E-state index contributed by atoms with van der Waals surface area (Å²) >= 11 is 0. The summed E-state index contributed by atoms with van der Waals surface area (Å²) in [6.45, 7) is 1.81. The highest BCUT2D eigenvalue weighted by Gasteiger charge is 2.16. The van der Waals surface area contributed by atoms with Crippen molar-refractivity contribution in [3.63, 3.8) is 0 Å². The van der Waals surface area contributed by atoms with Crippen LogP contribution in [0.3, 0.4) is 0 Å². The average molecular weight is 325 g/mol. The highest BCUT2D eigenvalue weighted by atomic mass is 16.5. The fourth-order valence-corrected chi connectivity index (χ4v) is 1.99. The van der Waals surface area contributed by atoms with E-state index in [1.165, 1.54) is 6.21 Å². The normalized spacial score (nSPS) is 11.8.